The number of aliphatic imine (C=N–C) groups is 1. The summed E-state index contributed by atoms with van der Waals surface area (Å²) in [6.45, 7) is 11.5. The molecule has 1 amide bonds. The molecule has 4 rings (SSSR count). The number of aromatic nitrogens is 2. The van der Waals surface area contributed by atoms with Crippen LogP contribution in [0.4, 0.5) is 4.79 Å². The molecule has 0 saturated heterocycles. The second kappa shape index (κ2) is 10.4. The Morgan fingerprint density at radius 2 is 2.14 bits per heavy atom. The number of guanidine groups is 1. The molecule has 2 aromatic rings. The van der Waals surface area contributed by atoms with E-state index >= 15 is 0 Å². The van der Waals surface area contributed by atoms with Crippen LogP contribution in [0.2, 0.25) is 0 Å². The first-order chi connectivity index (χ1) is 17.4. The Hall–Kier alpha value is -2.98. The Morgan fingerprint density at radius 3 is 2.84 bits per heavy atom. The van der Waals surface area contributed by atoms with Gasteiger partial charge in [-0.05, 0) is 64.2 Å². The molecule has 2 aliphatic rings. The first kappa shape index (κ1) is 27.1. The summed E-state index contributed by atoms with van der Waals surface area (Å²) in [5, 5.41) is 2.68. The molecule has 0 radical (unpaired) electrons. The largest absolute Gasteiger partial charge is 0.444 e. The van der Waals surface area contributed by atoms with Crippen LogP contribution in [0, 0.1) is 12.8 Å². The molecule has 37 heavy (non-hydrogen) atoms. The quantitative estimate of drug-likeness (QED) is 0.520. The normalized spacial score (nSPS) is 23.9. The van der Waals surface area contributed by atoms with Crippen molar-refractivity contribution in [2.45, 2.75) is 59.1 Å². The van der Waals surface area contributed by atoms with Crippen LogP contribution in [-0.2, 0) is 21.3 Å². The van der Waals surface area contributed by atoms with Crippen molar-refractivity contribution in [2.24, 2.45) is 10.9 Å². The number of aryl methyl sites for hydroxylation is 1. The van der Waals surface area contributed by atoms with Crippen molar-refractivity contribution >= 4 is 39.9 Å². The Morgan fingerprint density at radius 1 is 1.38 bits per heavy atom. The van der Waals surface area contributed by atoms with Crippen molar-refractivity contribution in [1.82, 2.24) is 19.6 Å². The number of hydrogen-bond donors (Lipinski definition) is 2. The highest BCUT2D eigenvalue weighted by Gasteiger charge is 2.39. The molecule has 0 spiro atoms. The maximum Gasteiger partial charge on any atom is 0.414 e. The van der Waals surface area contributed by atoms with E-state index in [2.05, 4.69) is 58.7 Å². The van der Waals surface area contributed by atoms with E-state index in [4.69, 9.17) is 9.73 Å². The standard InChI is InChI=1S/C27H35N5O3S2/c1-8-18-11-9-10-12-19(14-18)20-15-28-23(29-20)21-13-17(2)22(36-21)27(6)16-37(34)32(7)24(31-27)30-25(33)35-26(3,4)5/h9-15,18H,8,16H2,1-7H3,(H,28,29)(H,30,31,33). The Kier molecular flexibility index (Phi) is 7.62. The van der Waals surface area contributed by atoms with Gasteiger partial charge < -0.3 is 9.72 Å². The molecule has 3 heterocycles. The number of thiophene rings is 1. The lowest BCUT2D eigenvalue weighted by molar-refractivity contribution is 0.0559. The summed E-state index contributed by atoms with van der Waals surface area (Å²) in [5.74, 6) is 1.69. The van der Waals surface area contributed by atoms with E-state index in [0.29, 0.717) is 11.7 Å². The molecule has 0 fully saturated rings. The number of nitrogens with zero attached hydrogens (tertiary/aromatic N) is 3. The van der Waals surface area contributed by atoms with Gasteiger partial charge in [-0.2, -0.15) is 0 Å². The van der Waals surface area contributed by atoms with E-state index < -0.39 is 28.2 Å². The van der Waals surface area contributed by atoms with Crippen molar-refractivity contribution in [3.05, 3.63) is 58.8 Å². The lowest BCUT2D eigenvalue weighted by Gasteiger charge is -2.35. The molecule has 3 atom stereocenters. The second-order valence-corrected chi connectivity index (χ2v) is 13.0. The van der Waals surface area contributed by atoms with Crippen molar-refractivity contribution in [1.29, 1.82) is 0 Å². The van der Waals surface area contributed by atoms with Crippen LogP contribution in [0.15, 0.2) is 47.6 Å². The van der Waals surface area contributed by atoms with Gasteiger partial charge >= 0.3 is 6.09 Å². The fourth-order valence-electron chi connectivity index (χ4n) is 4.26. The number of allylic oxidation sites excluding steroid dienone is 6. The zero-order valence-corrected chi connectivity index (χ0v) is 24.0. The average Bonchev–Trinajstić information content (AvgIpc) is 3.37. The third kappa shape index (κ3) is 6.13. The molecular weight excluding hydrogens is 506 g/mol. The first-order valence-corrected chi connectivity index (χ1v) is 14.4. The predicted octanol–water partition coefficient (Wildman–Crippen LogP) is 5.69. The van der Waals surface area contributed by atoms with Crippen LogP contribution in [0.25, 0.3) is 16.3 Å². The zero-order valence-electron chi connectivity index (χ0n) is 22.4. The number of nitrogens with one attached hydrogen (secondary N) is 2. The van der Waals surface area contributed by atoms with E-state index in [-0.39, 0.29) is 5.96 Å². The second-order valence-electron chi connectivity index (χ2n) is 10.5. The molecule has 0 aromatic carbocycles. The highest BCUT2D eigenvalue weighted by atomic mass is 32.2. The number of carbonyl (C=O) groups is 1. The van der Waals surface area contributed by atoms with Crippen LogP contribution in [-0.4, -0.2) is 48.9 Å². The molecule has 1 aliphatic carbocycles. The number of ether oxygens (including phenoxy) is 1. The van der Waals surface area contributed by atoms with Gasteiger partial charge in [-0.15, -0.1) is 11.3 Å². The minimum Gasteiger partial charge on any atom is -0.444 e. The summed E-state index contributed by atoms with van der Waals surface area (Å²) in [7, 11) is 0.272. The fraction of sp³-hybridized carbons (Fsp3) is 0.444. The SMILES string of the molecule is CCC1C=CC=CC(c2cnc(-c3cc(C)c(C4(C)CS(=O)N(C)C(NC(=O)OC(C)(C)C)=N4)s3)[nH]2)=C1. The Bertz CT molecular complexity index is 1330. The predicted molar refractivity (Wildman–Crippen MR) is 152 cm³/mol. The Labute approximate surface area is 225 Å². The lowest BCUT2D eigenvalue weighted by Crippen LogP contribution is -2.51. The maximum atomic E-state index is 13.0. The minimum atomic E-state index is -1.38. The monoisotopic (exact) mass is 541 g/mol. The van der Waals surface area contributed by atoms with E-state index in [0.717, 1.165) is 38.8 Å². The van der Waals surface area contributed by atoms with E-state index in [1.54, 1.807) is 39.2 Å². The number of hydrogen-bond acceptors (Lipinski definition) is 6. The summed E-state index contributed by atoms with van der Waals surface area (Å²) in [5.41, 5.74) is 1.68. The van der Waals surface area contributed by atoms with Gasteiger partial charge in [0, 0.05) is 11.9 Å². The van der Waals surface area contributed by atoms with Gasteiger partial charge in [0.05, 0.1) is 22.5 Å². The first-order valence-electron chi connectivity index (χ1n) is 12.3. The van der Waals surface area contributed by atoms with Gasteiger partial charge in [-0.3, -0.25) is 9.62 Å². The van der Waals surface area contributed by atoms with Crippen LogP contribution in [0.1, 0.15) is 57.2 Å². The molecule has 8 nitrogen and oxygen atoms in total. The van der Waals surface area contributed by atoms with E-state index in [1.165, 1.54) is 4.31 Å². The fourth-order valence-corrected chi connectivity index (χ4v) is 6.72. The van der Waals surface area contributed by atoms with Crippen LogP contribution < -0.4 is 5.32 Å². The summed E-state index contributed by atoms with van der Waals surface area (Å²) in [6.07, 6.45) is 13.0. The maximum absolute atomic E-state index is 13.0. The zero-order chi connectivity index (χ0) is 27.0. The van der Waals surface area contributed by atoms with Gasteiger partial charge in [0.25, 0.3) is 0 Å². The number of carbonyl (C=O) groups excluding carboxylic acids is 1. The van der Waals surface area contributed by atoms with Gasteiger partial charge in [0.15, 0.2) is 0 Å². The third-order valence-corrected chi connectivity index (χ3v) is 9.20. The molecular formula is C27H35N5O3S2. The van der Waals surface area contributed by atoms with Crippen molar-refractivity contribution in [3.8, 4) is 10.7 Å². The van der Waals surface area contributed by atoms with Gasteiger partial charge in [-0.1, -0.05) is 37.3 Å². The summed E-state index contributed by atoms with van der Waals surface area (Å²) in [6, 6.07) is 2.08. The van der Waals surface area contributed by atoms with Crippen molar-refractivity contribution in [3.63, 3.8) is 0 Å². The third-order valence-electron chi connectivity index (χ3n) is 6.11. The molecule has 0 bridgehead atoms. The molecule has 2 N–H and O–H groups in total. The van der Waals surface area contributed by atoms with Gasteiger partial charge in [0.1, 0.15) is 27.9 Å². The molecule has 10 heteroatoms. The number of amides is 1. The number of alkyl carbamates (subject to hydrolysis) is 1. The topological polar surface area (TPSA) is 99.7 Å². The number of rotatable bonds is 4. The smallest absolute Gasteiger partial charge is 0.414 e. The number of imidazole rings is 1. The average molecular weight is 542 g/mol. The van der Waals surface area contributed by atoms with Crippen molar-refractivity contribution in [2.75, 3.05) is 12.8 Å². The number of H-pyrrole nitrogens is 1. The van der Waals surface area contributed by atoms with Crippen LogP contribution in [0.3, 0.4) is 0 Å². The number of aromatic amines is 1. The summed E-state index contributed by atoms with van der Waals surface area (Å²) >= 11 is 1.57. The van der Waals surface area contributed by atoms with Crippen LogP contribution in [0.5, 0.6) is 0 Å². The molecule has 3 unspecified atom stereocenters. The lowest BCUT2D eigenvalue weighted by atomic mass is 10.0. The minimum absolute atomic E-state index is 0.224. The summed E-state index contributed by atoms with van der Waals surface area (Å²) < 4.78 is 19.9. The highest BCUT2D eigenvalue weighted by molar-refractivity contribution is 7.83. The van der Waals surface area contributed by atoms with E-state index in [1.807, 2.05) is 20.0 Å². The van der Waals surface area contributed by atoms with Gasteiger partial charge in [0.2, 0.25) is 5.96 Å². The molecule has 0 saturated carbocycles. The van der Waals surface area contributed by atoms with Crippen molar-refractivity contribution < 1.29 is 13.7 Å². The van der Waals surface area contributed by atoms with Crippen LogP contribution >= 0.6 is 11.3 Å². The molecule has 1 aliphatic heterocycles. The molecule has 2 aromatic heterocycles. The highest BCUT2D eigenvalue weighted by Crippen LogP contribution is 2.41. The van der Waals surface area contributed by atoms with E-state index in [9.17, 15) is 9.00 Å². The Balaban J connectivity index is 1.63. The summed E-state index contributed by atoms with van der Waals surface area (Å²) in [4.78, 5) is 27.4. The van der Waals surface area contributed by atoms with Gasteiger partial charge in [-0.25, -0.2) is 19.0 Å². The molecule has 198 valence electrons.